The molecule has 2 rings (SSSR count). The lowest BCUT2D eigenvalue weighted by molar-refractivity contribution is 0.181. The maximum atomic E-state index is 9.14. The van der Waals surface area contributed by atoms with Gasteiger partial charge in [-0.05, 0) is 24.1 Å². The van der Waals surface area contributed by atoms with Crippen LogP contribution in [0.1, 0.15) is 17.0 Å². The molecule has 1 aromatic carbocycles. The van der Waals surface area contributed by atoms with Crippen LogP contribution in [0.4, 0.5) is 0 Å². The summed E-state index contributed by atoms with van der Waals surface area (Å²) in [4.78, 5) is 9.40. The number of aryl methyl sites for hydroxylation is 1. The summed E-state index contributed by atoms with van der Waals surface area (Å²) in [5.41, 5.74) is 2.21. The Kier molecular flexibility index (Phi) is 4.96. The molecule has 1 aromatic heterocycles. The van der Waals surface area contributed by atoms with Crippen molar-refractivity contribution >= 4 is 11.6 Å². The maximum Gasteiger partial charge on any atom is 0.120 e. The van der Waals surface area contributed by atoms with Crippen molar-refractivity contribution in [1.29, 1.82) is 0 Å². The van der Waals surface area contributed by atoms with Gasteiger partial charge in [0.25, 0.3) is 0 Å². The number of rotatable bonds is 6. The molecule has 0 atom stereocenters. The zero-order chi connectivity index (χ0) is 13.7. The molecule has 0 amide bonds. The van der Waals surface area contributed by atoms with E-state index in [1.807, 2.05) is 19.1 Å². The van der Waals surface area contributed by atoms with E-state index in [0.717, 1.165) is 28.5 Å². The Morgan fingerprint density at radius 2 is 2.21 bits per heavy atom. The minimum atomic E-state index is 0.125. The number of aliphatic hydroxyl groups is 1. The molecule has 0 fully saturated rings. The summed E-state index contributed by atoms with van der Waals surface area (Å²) in [5.74, 6) is 0.895. The molecule has 0 saturated heterocycles. The van der Waals surface area contributed by atoms with Crippen LogP contribution in [-0.4, -0.2) is 33.1 Å². The van der Waals surface area contributed by atoms with Gasteiger partial charge in [-0.3, -0.25) is 4.90 Å². The lowest BCUT2D eigenvalue weighted by atomic mass is 10.1. The average Bonchev–Trinajstić information content (AvgIpc) is 2.87. The van der Waals surface area contributed by atoms with Crippen LogP contribution in [0, 0.1) is 6.92 Å². The first kappa shape index (κ1) is 14.1. The molecular formula is C14H18ClN3O. The van der Waals surface area contributed by atoms with Crippen molar-refractivity contribution in [3.05, 3.63) is 52.6 Å². The van der Waals surface area contributed by atoms with Crippen molar-refractivity contribution in [3.8, 4) is 0 Å². The first-order chi connectivity index (χ1) is 9.19. The summed E-state index contributed by atoms with van der Waals surface area (Å²) < 4.78 is 0. The van der Waals surface area contributed by atoms with Crippen LogP contribution in [0.2, 0.25) is 5.02 Å². The second-order valence-corrected chi connectivity index (χ2v) is 4.96. The number of imidazole rings is 1. The molecule has 0 spiro atoms. The van der Waals surface area contributed by atoms with Crippen molar-refractivity contribution in [2.75, 3.05) is 13.2 Å². The topological polar surface area (TPSA) is 52.1 Å². The van der Waals surface area contributed by atoms with E-state index in [1.54, 1.807) is 12.4 Å². The van der Waals surface area contributed by atoms with E-state index in [0.29, 0.717) is 13.1 Å². The second kappa shape index (κ2) is 6.70. The highest BCUT2D eigenvalue weighted by atomic mass is 35.5. The fraction of sp³-hybridized carbons (Fsp3) is 0.357. The number of aliphatic hydroxyl groups excluding tert-OH is 1. The minimum absolute atomic E-state index is 0.125. The fourth-order valence-electron chi connectivity index (χ4n) is 1.94. The van der Waals surface area contributed by atoms with E-state index in [-0.39, 0.29) is 6.61 Å². The minimum Gasteiger partial charge on any atom is -0.395 e. The molecule has 1 heterocycles. The van der Waals surface area contributed by atoms with Crippen LogP contribution in [0.15, 0.2) is 30.6 Å². The van der Waals surface area contributed by atoms with Gasteiger partial charge >= 0.3 is 0 Å². The van der Waals surface area contributed by atoms with Gasteiger partial charge < -0.3 is 10.1 Å². The van der Waals surface area contributed by atoms with Crippen molar-refractivity contribution in [2.45, 2.75) is 20.0 Å². The molecule has 0 aliphatic heterocycles. The highest BCUT2D eigenvalue weighted by Gasteiger charge is 2.09. The average molecular weight is 280 g/mol. The zero-order valence-corrected chi connectivity index (χ0v) is 11.7. The van der Waals surface area contributed by atoms with Crippen LogP contribution >= 0.6 is 11.6 Å². The molecule has 2 N–H and O–H groups in total. The van der Waals surface area contributed by atoms with E-state index >= 15 is 0 Å². The number of halogens is 1. The van der Waals surface area contributed by atoms with Crippen molar-refractivity contribution in [3.63, 3.8) is 0 Å². The van der Waals surface area contributed by atoms with Gasteiger partial charge in [0.15, 0.2) is 0 Å². The standard InChI is InChI=1S/C14H18ClN3O/c1-11-2-3-12(8-13(11)15)9-18(6-7-19)10-14-16-4-5-17-14/h2-5,8,19H,6-7,9-10H2,1H3,(H,16,17). The summed E-state index contributed by atoms with van der Waals surface area (Å²) >= 11 is 6.13. The van der Waals surface area contributed by atoms with Gasteiger partial charge in [0, 0.05) is 30.5 Å². The Bertz CT molecular complexity index is 513. The summed E-state index contributed by atoms with van der Waals surface area (Å²) in [6, 6.07) is 6.05. The zero-order valence-electron chi connectivity index (χ0n) is 10.9. The Balaban J connectivity index is 2.05. The molecule has 0 unspecified atom stereocenters. The van der Waals surface area contributed by atoms with Crippen LogP contribution in [0.25, 0.3) is 0 Å². The number of hydrogen-bond donors (Lipinski definition) is 2. The van der Waals surface area contributed by atoms with Gasteiger partial charge in [-0.25, -0.2) is 4.98 Å². The molecule has 5 heteroatoms. The van der Waals surface area contributed by atoms with Crippen LogP contribution in [-0.2, 0) is 13.1 Å². The third-order valence-corrected chi connectivity index (χ3v) is 3.39. The number of hydrogen-bond acceptors (Lipinski definition) is 3. The number of H-pyrrole nitrogens is 1. The molecule has 0 radical (unpaired) electrons. The van der Waals surface area contributed by atoms with Gasteiger partial charge in [-0.1, -0.05) is 23.7 Å². The molecular weight excluding hydrogens is 262 g/mol. The van der Waals surface area contributed by atoms with Crippen molar-refractivity contribution < 1.29 is 5.11 Å². The first-order valence-electron chi connectivity index (χ1n) is 6.25. The monoisotopic (exact) mass is 279 g/mol. The van der Waals surface area contributed by atoms with E-state index < -0.39 is 0 Å². The summed E-state index contributed by atoms with van der Waals surface area (Å²) in [6.45, 7) is 4.13. The molecule has 102 valence electrons. The van der Waals surface area contributed by atoms with Crippen molar-refractivity contribution in [1.82, 2.24) is 14.9 Å². The molecule has 0 saturated carbocycles. The highest BCUT2D eigenvalue weighted by Crippen LogP contribution is 2.18. The van der Waals surface area contributed by atoms with E-state index in [4.69, 9.17) is 16.7 Å². The first-order valence-corrected chi connectivity index (χ1v) is 6.63. The number of benzene rings is 1. The normalized spacial score (nSPS) is 11.2. The number of aromatic nitrogens is 2. The highest BCUT2D eigenvalue weighted by molar-refractivity contribution is 6.31. The molecule has 0 aliphatic carbocycles. The van der Waals surface area contributed by atoms with E-state index in [2.05, 4.69) is 20.9 Å². The summed E-state index contributed by atoms with van der Waals surface area (Å²) in [7, 11) is 0. The molecule has 0 aliphatic rings. The predicted molar refractivity (Wildman–Crippen MR) is 76.0 cm³/mol. The van der Waals surface area contributed by atoms with Crippen LogP contribution < -0.4 is 0 Å². The smallest absolute Gasteiger partial charge is 0.120 e. The van der Waals surface area contributed by atoms with Gasteiger partial charge in [0.2, 0.25) is 0 Å². The van der Waals surface area contributed by atoms with Crippen LogP contribution in [0.5, 0.6) is 0 Å². The van der Waals surface area contributed by atoms with E-state index in [9.17, 15) is 0 Å². The van der Waals surface area contributed by atoms with Crippen LogP contribution in [0.3, 0.4) is 0 Å². The Labute approximate surface area is 118 Å². The fourth-order valence-corrected chi connectivity index (χ4v) is 2.15. The lowest BCUT2D eigenvalue weighted by Gasteiger charge is -2.20. The molecule has 19 heavy (non-hydrogen) atoms. The Morgan fingerprint density at radius 1 is 1.37 bits per heavy atom. The molecule has 0 bridgehead atoms. The van der Waals surface area contributed by atoms with Gasteiger partial charge in [0.1, 0.15) is 5.82 Å². The summed E-state index contributed by atoms with van der Waals surface area (Å²) in [5, 5.41) is 9.92. The molecule has 2 aromatic rings. The Morgan fingerprint density at radius 3 is 2.84 bits per heavy atom. The molecule has 4 nitrogen and oxygen atoms in total. The van der Waals surface area contributed by atoms with Crippen molar-refractivity contribution in [2.24, 2.45) is 0 Å². The number of aromatic amines is 1. The Hall–Kier alpha value is -1.36. The summed E-state index contributed by atoms with van der Waals surface area (Å²) in [6.07, 6.45) is 3.53. The second-order valence-electron chi connectivity index (χ2n) is 4.55. The third kappa shape index (κ3) is 4.06. The quantitative estimate of drug-likeness (QED) is 0.853. The van der Waals surface area contributed by atoms with Gasteiger partial charge in [-0.2, -0.15) is 0 Å². The van der Waals surface area contributed by atoms with E-state index in [1.165, 1.54) is 0 Å². The lowest BCUT2D eigenvalue weighted by Crippen LogP contribution is -2.26. The number of nitrogens with one attached hydrogen (secondary N) is 1. The number of nitrogens with zero attached hydrogens (tertiary/aromatic N) is 2. The van der Waals surface area contributed by atoms with Gasteiger partial charge in [0.05, 0.1) is 13.2 Å². The predicted octanol–water partition coefficient (Wildman–Crippen LogP) is 2.37. The largest absolute Gasteiger partial charge is 0.395 e. The SMILES string of the molecule is Cc1ccc(CN(CCO)Cc2ncc[nH]2)cc1Cl. The maximum absolute atomic E-state index is 9.14. The third-order valence-electron chi connectivity index (χ3n) is 2.99. The van der Waals surface area contributed by atoms with Gasteiger partial charge in [-0.15, -0.1) is 0 Å².